The number of rotatable bonds is 2. The highest BCUT2D eigenvalue weighted by Gasteiger charge is 2.44. The summed E-state index contributed by atoms with van der Waals surface area (Å²) >= 11 is 0. The molecule has 5 rings (SSSR count). The Hall–Kier alpha value is -3.06. The first-order valence-electron chi connectivity index (χ1n) is 9.91. The Morgan fingerprint density at radius 2 is 1.93 bits per heavy atom. The summed E-state index contributed by atoms with van der Waals surface area (Å²) in [5.41, 5.74) is 3.26. The molecule has 7 nitrogen and oxygen atoms in total. The molecule has 2 aromatic heterocycles. The fourth-order valence-electron chi connectivity index (χ4n) is 4.24. The number of piperidine rings is 1. The van der Waals surface area contributed by atoms with E-state index in [2.05, 4.69) is 9.97 Å². The zero-order valence-corrected chi connectivity index (χ0v) is 16.3. The molecule has 2 aliphatic rings. The summed E-state index contributed by atoms with van der Waals surface area (Å²) in [5.74, 6) is 0.920. The number of hydrogen-bond donors (Lipinski definition) is 0. The first-order chi connectivity index (χ1) is 14.2. The van der Waals surface area contributed by atoms with E-state index in [4.69, 9.17) is 14.1 Å². The van der Waals surface area contributed by atoms with E-state index in [0.29, 0.717) is 49.8 Å². The lowest BCUT2D eigenvalue weighted by Crippen LogP contribution is -2.49. The van der Waals surface area contributed by atoms with Crippen molar-refractivity contribution in [1.29, 1.82) is 0 Å². The molecule has 0 unspecified atom stereocenters. The van der Waals surface area contributed by atoms with E-state index in [-0.39, 0.29) is 5.91 Å². The van der Waals surface area contributed by atoms with Crippen LogP contribution < -0.4 is 0 Å². The highest BCUT2D eigenvalue weighted by molar-refractivity contribution is 5.92. The molecular formula is C22H22N4O3. The van der Waals surface area contributed by atoms with Crippen molar-refractivity contribution in [3.63, 3.8) is 0 Å². The van der Waals surface area contributed by atoms with Crippen molar-refractivity contribution >= 4 is 5.91 Å². The maximum Gasteiger partial charge on any atom is 0.291 e. The fourth-order valence-corrected chi connectivity index (χ4v) is 4.24. The number of hydrogen-bond acceptors (Lipinski definition) is 6. The number of carbonyl (C=O) groups excluding carboxylic acids is 1. The van der Waals surface area contributed by atoms with E-state index in [0.717, 1.165) is 23.2 Å². The predicted molar refractivity (Wildman–Crippen MR) is 105 cm³/mol. The van der Waals surface area contributed by atoms with Crippen LogP contribution in [0.1, 0.15) is 40.3 Å². The second-order valence-corrected chi connectivity index (χ2v) is 7.59. The Morgan fingerprint density at radius 1 is 1.14 bits per heavy atom. The number of carbonyl (C=O) groups is 1. The zero-order chi connectivity index (χ0) is 19.8. The number of fused-ring (bicyclic) bond motifs is 2. The minimum absolute atomic E-state index is 0.112. The maximum atomic E-state index is 12.8. The van der Waals surface area contributed by atoms with Gasteiger partial charge in [-0.05, 0) is 31.7 Å². The molecule has 0 N–H and O–H groups in total. The van der Waals surface area contributed by atoms with Crippen LogP contribution in [0.5, 0.6) is 0 Å². The second-order valence-electron chi connectivity index (χ2n) is 7.59. The number of likely N-dealkylation sites (tertiary alicyclic amines) is 1. The molecule has 1 amide bonds. The molecule has 0 aliphatic carbocycles. The molecule has 3 aromatic rings. The van der Waals surface area contributed by atoms with Gasteiger partial charge in [0.2, 0.25) is 5.76 Å². The van der Waals surface area contributed by atoms with Gasteiger partial charge in [-0.25, -0.2) is 15.0 Å². The SMILES string of the molecule is Cc1ncoc1C(=O)N1CCC2(CC1)OCCc1cnc(-c3ccccc3)nc12. The third-order valence-electron chi connectivity index (χ3n) is 5.88. The van der Waals surface area contributed by atoms with Crippen LogP contribution >= 0.6 is 0 Å². The molecule has 0 bridgehead atoms. The highest BCUT2D eigenvalue weighted by Crippen LogP contribution is 2.41. The van der Waals surface area contributed by atoms with Gasteiger partial charge in [0.05, 0.1) is 18.0 Å². The van der Waals surface area contributed by atoms with E-state index < -0.39 is 5.60 Å². The number of amides is 1. The van der Waals surface area contributed by atoms with Gasteiger partial charge in [0, 0.05) is 24.8 Å². The summed E-state index contributed by atoms with van der Waals surface area (Å²) in [6.07, 6.45) is 5.46. The summed E-state index contributed by atoms with van der Waals surface area (Å²) in [6, 6.07) is 9.98. The Morgan fingerprint density at radius 3 is 2.66 bits per heavy atom. The molecule has 2 aliphatic heterocycles. The number of nitrogens with zero attached hydrogens (tertiary/aromatic N) is 4. The van der Waals surface area contributed by atoms with Gasteiger partial charge < -0.3 is 14.1 Å². The summed E-state index contributed by atoms with van der Waals surface area (Å²) < 4.78 is 11.6. The molecule has 29 heavy (non-hydrogen) atoms. The topological polar surface area (TPSA) is 81.4 Å². The van der Waals surface area contributed by atoms with Crippen LogP contribution in [0.3, 0.4) is 0 Å². The molecule has 1 aromatic carbocycles. The van der Waals surface area contributed by atoms with Gasteiger partial charge >= 0.3 is 0 Å². The van der Waals surface area contributed by atoms with Crippen molar-refractivity contribution in [2.75, 3.05) is 19.7 Å². The number of aromatic nitrogens is 3. The number of aryl methyl sites for hydroxylation is 1. The van der Waals surface area contributed by atoms with Gasteiger partial charge in [-0.1, -0.05) is 30.3 Å². The first kappa shape index (κ1) is 18.0. The van der Waals surface area contributed by atoms with Crippen LogP contribution in [0.25, 0.3) is 11.4 Å². The largest absolute Gasteiger partial charge is 0.438 e. The molecule has 1 saturated heterocycles. The minimum atomic E-state index is -0.465. The highest BCUT2D eigenvalue weighted by atomic mass is 16.5. The number of benzene rings is 1. The Bertz CT molecular complexity index is 1040. The van der Waals surface area contributed by atoms with Crippen molar-refractivity contribution < 1.29 is 13.9 Å². The standard InChI is InChI=1S/C22H22N4O3/c1-15-18(28-14-24-15)21(27)26-10-8-22(9-11-26)19-17(7-12-29-22)13-23-20(25-19)16-5-3-2-4-6-16/h2-6,13-14H,7-12H2,1H3. The molecule has 1 fully saturated rings. The molecule has 4 heterocycles. The van der Waals surface area contributed by atoms with Crippen LogP contribution in [0.15, 0.2) is 47.3 Å². The second kappa shape index (κ2) is 7.08. The summed E-state index contributed by atoms with van der Waals surface area (Å²) in [7, 11) is 0. The third-order valence-corrected chi connectivity index (χ3v) is 5.88. The predicted octanol–water partition coefficient (Wildman–Crippen LogP) is 3.14. The Labute approximate surface area is 168 Å². The van der Waals surface area contributed by atoms with E-state index in [9.17, 15) is 4.79 Å². The van der Waals surface area contributed by atoms with Gasteiger partial charge in [-0.15, -0.1) is 0 Å². The molecular weight excluding hydrogens is 368 g/mol. The number of oxazole rings is 1. The van der Waals surface area contributed by atoms with Crippen molar-refractivity contribution in [1.82, 2.24) is 19.9 Å². The first-order valence-corrected chi connectivity index (χ1v) is 9.91. The van der Waals surface area contributed by atoms with Crippen LogP contribution in [0, 0.1) is 6.92 Å². The van der Waals surface area contributed by atoms with Crippen LogP contribution in [0.2, 0.25) is 0 Å². The molecule has 0 saturated carbocycles. The molecule has 1 spiro atoms. The van der Waals surface area contributed by atoms with E-state index >= 15 is 0 Å². The van der Waals surface area contributed by atoms with Gasteiger partial charge in [-0.3, -0.25) is 4.79 Å². The normalized spacial score (nSPS) is 17.9. The van der Waals surface area contributed by atoms with E-state index in [1.807, 2.05) is 41.4 Å². The third kappa shape index (κ3) is 3.11. The summed E-state index contributed by atoms with van der Waals surface area (Å²) in [5, 5.41) is 0. The quantitative estimate of drug-likeness (QED) is 0.669. The summed E-state index contributed by atoms with van der Waals surface area (Å²) in [4.78, 5) is 28.1. The molecule has 148 valence electrons. The Kier molecular flexibility index (Phi) is 4.39. The minimum Gasteiger partial charge on any atom is -0.438 e. The van der Waals surface area contributed by atoms with Crippen molar-refractivity contribution in [2.45, 2.75) is 31.8 Å². The van der Waals surface area contributed by atoms with Gasteiger partial charge in [0.25, 0.3) is 5.91 Å². The monoisotopic (exact) mass is 390 g/mol. The smallest absolute Gasteiger partial charge is 0.291 e. The molecule has 7 heteroatoms. The average molecular weight is 390 g/mol. The number of ether oxygens (including phenoxy) is 1. The zero-order valence-electron chi connectivity index (χ0n) is 16.3. The van der Waals surface area contributed by atoms with Gasteiger partial charge in [0.1, 0.15) is 5.60 Å². The van der Waals surface area contributed by atoms with Crippen LogP contribution in [-0.4, -0.2) is 45.5 Å². The lowest BCUT2D eigenvalue weighted by Gasteiger charge is -2.43. The van der Waals surface area contributed by atoms with Crippen LogP contribution in [0.4, 0.5) is 0 Å². The van der Waals surface area contributed by atoms with Gasteiger partial charge in [0.15, 0.2) is 12.2 Å². The Balaban J connectivity index is 1.42. The van der Waals surface area contributed by atoms with Crippen LogP contribution in [-0.2, 0) is 16.8 Å². The molecule has 0 radical (unpaired) electrons. The van der Waals surface area contributed by atoms with E-state index in [1.165, 1.54) is 6.39 Å². The molecule has 0 atom stereocenters. The van der Waals surface area contributed by atoms with Crippen molar-refractivity contribution in [2.24, 2.45) is 0 Å². The lowest BCUT2D eigenvalue weighted by atomic mass is 9.83. The fraction of sp³-hybridized carbons (Fsp3) is 0.364. The maximum absolute atomic E-state index is 12.8. The van der Waals surface area contributed by atoms with E-state index in [1.54, 1.807) is 6.92 Å². The average Bonchev–Trinajstić information content (AvgIpc) is 3.20. The van der Waals surface area contributed by atoms with Gasteiger partial charge in [-0.2, -0.15) is 0 Å². The lowest BCUT2D eigenvalue weighted by molar-refractivity contribution is -0.0968. The van der Waals surface area contributed by atoms with Crippen molar-refractivity contribution in [3.8, 4) is 11.4 Å². The summed E-state index contributed by atoms with van der Waals surface area (Å²) in [6.45, 7) is 3.60. The van der Waals surface area contributed by atoms with Crippen molar-refractivity contribution in [3.05, 3.63) is 65.6 Å².